The molecule has 4 heterocycles. The third-order valence-corrected chi connectivity index (χ3v) is 15.7. The Morgan fingerprint density at radius 2 is 1.05 bits per heavy atom. The lowest BCUT2D eigenvalue weighted by Gasteiger charge is -2.34. The van der Waals surface area contributed by atoms with Crippen LogP contribution in [-0.2, 0) is 44.3 Å². The molecule has 3 aliphatic carbocycles. The van der Waals surface area contributed by atoms with E-state index in [1.807, 2.05) is 76.2 Å². The van der Waals surface area contributed by atoms with Crippen molar-refractivity contribution in [1.29, 1.82) is 0 Å². The summed E-state index contributed by atoms with van der Waals surface area (Å²) in [6, 6.07) is 24.0. The number of anilines is 1. The summed E-state index contributed by atoms with van der Waals surface area (Å²) in [4.78, 5) is 30.3. The predicted molar refractivity (Wildman–Crippen MR) is 300 cm³/mol. The number of fused-ring (bicyclic) bond motifs is 5. The van der Waals surface area contributed by atoms with Gasteiger partial charge in [-0.25, -0.2) is 4.98 Å². The van der Waals surface area contributed by atoms with Gasteiger partial charge in [0.1, 0.15) is 17.2 Å². The molecular weight excluding hydrogens is 1040 g/mol. The summed E-state index contributed by atoms with van der Waals surface area (Å²) >= 11 is 9.22. The van der Waals surface area contributed by atoms with Gasteiger partial charge in [-0.1, -0.05) is 93.9 Å². The van der Waals surface area contributed by atoms with Crippen LogP contribution in [-0.4, -0.2) is 88.9 Å². The van der Waals surface area contributed by atoms with E-state index in [-0.39, 0.29) is 44.4 Å². The molecule has 0 spiro atoms. The minimum atomic E-state index is -0.147. The molecule has 0 amide bonds. The van der Waals surface area contributed by atoms with E-state index >= 15 is 0 Å². The minimum absolute atomic E-state index is 0.000000000000000222. The monoisotopic (exact) mass is 1110 g/mol. The van der Waals surface area contributed by atoms with Gasteiger partial charge in [-0.2, -0.15) is 15.3 Å². The van der Waals surface area contributed by atoms with E-state index in [0.29, 0.717) is 24.6 Å². The lowest BCUT2D eigenvalue weighted by atomic mass is 9.76. The van der Waals surface area contributed by atoms with Crippen LogP contribution < -0.4 is 31.4 Å². The molecule has 19 heteroatoms. The summed E-state index contributed by atoms with van der Waals surface area (Å²) in [7, 11) is 4.99. The number of benzene rings is 3. The van der Waals surface area contributed by atoms with Crippen molar-refractivity contribution in [2.75, 3.05) is 33.7 Å². The zero-order valence-electron chi connectivity index (χ0n) is 43.9. The summed E-state index contributed by atoms with van der Waals surface area (Å²) in [5.41, 5.74) is 25.6. The number of halogens is 1. The molecule has 0 saturated heterocycles. The highest BCUT2D eigenvalue weighted by atomic mass is 79.9. The van der Waals surface area contributed by atoms with Gasteiger partial charge in [-0.3, -0.25) is 23.6 Å². The third-order valence-electron chi connectivity index (χ3n) is 12.8. The first kappa shape index (κ1) is 56.9. The molecule has 7 N–H and O–H groups in total. The van der Waals surface area contributed by atoms with Gasteiger partial charge in [-0.15, -0.1) is 11.3 Å². The number of ketones is 2. The predicted octanol–water partition coefficient (Wildman–Crippen LogP) is 9.23. The van der Waals surface area contributed by atoms with Crippen molar-refractivity contribution in [3.8, 4) is 28.5 Å². The zero-order valence-corrected chi connectivity index (χ0v) is 47.2. The lowest BCUT2D eigenvalue weighted by Crippen LogP contribution is -2.39. The number of aliphatic hydroxyl groups excluding tert-OH is 1. The van der Waals surface area contributed by atoms with Crippen LogP contribution >= 0.6 is 39.5 Å². The lowest BCUT2D eigenvalue weighted by molar-refractivity contribution is 0.0906. The Morgan fingerprint density at radius 3 is 1.47 bits per heavy atom. The highest BCUT2D eigenvalue weighted by Crippen LogP contribution is 2.46. The Balaban J connectivity index is 0.000000170. The van der Waals surface area contributed by atoms with Gasteiger partial charge in [0.2, 0.25) is 0 Å². The first-order chi connectivity index (χ1) is 35.0. The average Bonchev–Trinajstić information content (AvgIpc) is 4.15. The minimum Gasteiger partial charge on any atom is -0.497 e. The van der Waals surface area contributed by atoms with Gasteiger partial charge < -0.3 is 36.5 Å². The molecule has 0 saturated carbocycles. The molecule has 7 aromatic rings. The van der Waals surface area contributed by atoms with E-state index in [1.165, 1.54) is 16.1 Å². The van der Waals surface area contributed by atoms with Gasteiger partial charge in [-0.05, 0) is 95.9 Å². The number of nitrogens with zero attached hydrogens (tertiary/aromatic N) is 7. The molecule has 16 nitrogen and oxygen atoms in total. The Bertz CT molecular complexity index is 3030. The maximum Gasteiger partial charge on any atom is 0.180 e. The third kappa shape index (κ3) is 13.8. The highest BCUT2D eigenvalue weighted by Gasteiger charge is 2.42. The number of thiazole rings is 1. The standard InChI is InChI=1S/C18H20N4OS.C17H19BrN2O2.C17H20N2O2.C2H6O.CH4N2S/c1-18(2)8-14-13(15-16(18)24-17(19)21-15)9-20-22(14)10-11-4-6-12(23-3)7-5-11;1-17(2)8-14-13(15(21)16(17)18)9-19-20(14)10-11-4-6-12(22-3)7-5-11;1-17(2)8-15-14(16(20)9-17)10-18-19(15)11-12-4-6-13(21-3)7-5-12;1-2-3;2-1(3)4/h4-7,9H,8,10H2,1-3H3,(H2,19,21);4-7,9,16H,8,10H2,1-3H3;4-7,10H,8-9,11H2,1-3H3;3H,2H2,1H3;(H4,2,3,4). The number of thiocarbonyl (C=S) groups is 1. The smallest absolute Gasteiger partial charge is 0.180 e. The number of ether oxygens (including phenoxy) is 3. The Morgan fingerprint density at radius 1 is 0.676 bits per heavy atom. The van der Waals surface area contributed by atoms with Crippen molar-refractivity contribution in [3.05, 3.63) is 141 Å². The van der Waals surface area contributed by atoms with Crippen molar-refractivity contribution in [3.63, 3.8) is 0 Å². The highest BCUT2D eigenvalue weighted by molar-refractivity contribution is 9.10. The number of methoxy groups -OCH3 is 3. The van der Waals surface area contributed by atoms with Gasteiger partial charge >= 0.3 is 0 Å². The fraction of sp³-hybridized carbons (Fsp3) is 0.400. The first-order valence-electron chi connectivity index (χ1n) is 24.2. The topological polar surface area (TPSA) is 226 Å². The quantitative estimate of drug-likeness (QED) is 0.0781. The summed E-state index contributed by atoms with van der Waals surface area (Å²) in [6.45, 7) is 17.0. The number of aromatic nitrogens is 7. The fourth-order valence-corrected chi connectivity index (χ4v) is 10.4. The van der Waals surface area contributed by atoms with Gasteiger partial charge in [0.15, 0.2) is 21.8 Å². The number of rotatable bonds is 9. The van der Waals surface area contributed by atoms with E-state index < -0.39 is 0 Å². The number of carbonyl (C=O) groups excluding carboxylic acids is 2. The van der Waals surface area contributed by atoms with E-state index in [9.17, 15) is 9.59 Å². The van der Waals surface area contributed by atoms with Crippen molar-refractivity contribution < 1.29 is 28.9 Å². The molecular formula is C55H69BrN10O6S2. The van der Waals surface area contributed by atoms with E-state index in [2.05, 4.69) is 118 Å². The van der Waals surface area contributed by atoms with E-state index in [1.54, 1.807) is 52.0 Å². The molecule has 74 heavy (non-hydrogen) atoms. The number of hydrogen-bond donors (Lipinski definition) is 4. The number of Topliss-reactive ketones (excluding diaryl/α,β-unsaturated/α-hetero) is 2. The molecule has 3 aliphatic rings. The van der Waals surface area contributed by atoms with Gasteiger partial charge in [0.25, 0.3) is 0 Å². The molecule has 0 aliphatic heterocycles. The number of alkyl halides is 1. The molecule has 0 radical (unpaired) electrons. The Kier molecular flexibility index (Phi) is 18.7. The Labute approximate surface area is 451 Å². The number of nitrogen functional groups attached to an aromatic ring is 1. The second-order valence-corrected chi connectivity index (χ2v) is 22.8. The number of carbonyl (C=O) groups is 2. The van der Waals surface area contributed by atoms with Gasteiger partial charge in [0, 0.05) is 41.0 Å². The summed E-state index contributed by atoms with van der Waals surface area (Å²) in [6.07, 6.45) is 8.61. The van der Waals surface area contributed by atoms with Crippen LogP contribution in [0.3, 0.4) is 0 Å². The number of hydrogen-bond acceptors (Lipinski definition) is 13. The maximum atomic E-state index is 12.5. The fourth-order valence-electron chi connectivity index (χ4n) is 9.08. The van der Waals surface area contributed by atoms with Crippen LogP contribution in [0.1, 0.15) is 114 Å². The van der Waals surface area contributed by atoms with Crippen LogP contribution in [0, 0.1) is 10.8 Å². The first-order valence-corrected chi connectivity index (χ1v) is 26.3. The van der Waals surface area contributed by atoms with Crippen molar-refractivity contribution in [2.24, 2.45) is 22.3 Å². The molecule has 394 valence electrons. The molecule has 10 rings (SSSR count). The van der Waals surface area contributed by atoms with Crippen LogP contribution in [0.2, 0.25) is 0 Å². The van der Waals surface area contributed by atoms with Crippen molar-refractivity contribution in [1.82, 2.24) is 34.3 Å². The van der Waals surface area contributed by atoms with Crippen molar-refractivity contribution in [2.45, 2.75) is 104 Å². The molecule has 1 unspecified atom stereocenters. The van der Waals surface area contributed by atoms with E-state index in [4.69, 9.17) is 25.1 Å². The number of aliphatic hydroxyl groups is 1. The maximum absolute atomic E-state index is 12.5. The second-order valence-electron chi connectivity index (χ2n) is 20.4. The molecule has 4 aromatic heterocycles. The summed E-state index contributed by atoms with van der Waals surface area (Å²) in [5, 5.41) is 21.7. The van der Waals surface area contributed by atoms with Crippen LogP contribution in [0.25, 0.3) is 11.3 Å². The molecule has 0 fully saturated rings. The molecule has 3 aromatic carbocycles. The number of nitrogens with two attached hydrogens (primary N) is 3. The average molecular weight is 1110 g/mol. The zero-order chi connectivity index (χ0) is 54.1. The van der Waals surface area contributed by atoms with Crippen molar-refractivity contribution >= 4 is 61.3 Å². The Hall–Kier alpha value is -6.41. The molecule has 1 atom stereocenters. The van der Waals surface area contributed by atoms with Crippen LogP contribution in [0.15, 0.2) is 91.4 Å². The van der Waals surface area contributed by atoms with Gasteiger partial charge in [0.05, 0.1) is 92.6 Å². The summed E-state index contributed by atoms with van der Waals surface area (Å²) < 4.78 is 21.5. The second kappa shape index (κ2) is 24.3. The molecule has 0 bridgehead atoms. The van der Waals surface area contributed by atoms with Crippen LogP contribution in [0.4, 0.5) is 5.13 Å². The SMILES string of the molecule is CCO.COc1ccc(Cn2ncc3c2CC(C)(C)C(Br)C3=O)cc1.COc1ccc(Cn2ncc3c2CC(C)(C)CC3=O)cc1.COc1ccc(Cn2ncc3c2CC(C)(C)c2sc(N)nc2-3)cc1.NC(N)=S. The summed E-state index contributed by atoms with van der Waals surface area (Å²) in [5.74, 6) is 2.89. The van der Waals surface area contributed by atoms with Crippen LogP contribution in [0.5, 0.6) is 17.2 Å². The van der Waals surface area contributed by atoms with E-state index in [0.717, 1.165) is 88.0 Å². The normalized spacial score (nSPS) is 16.0. The largest absolute Gasteiger partial charge is 0.497 e.